The van der Waals surface area contributed by atoms with Crippen LogP contribution >= 0.6 is 0 Å². The zero-order valence-electron chi connectivity index (χ0n) is 11.1. The molecule has 1 aromatic rings. The van der Waals surface area contributed by atoms with Crippen LogP contribution in [0.3, 0.4) is 0 Å². The number of rotatable bonds is 3. The highest BCUT2D eigenvalue weighted by Crippen LogP contribution is 2.24. The molecule has 104 valence electrons. The molecule has 1 aromatic carbocycles. The first-order valence-corrected chi connectivity index (χ1v) is 6.54. The Hall–Kier alpha value is -1.62. The first kappa shape index (κ1) is 13.8. The lowest BCUT2D eigenvalue weighted by atomic mass is 9.92. The van der Waals surface area contributed by atoms with Gasteiger partial charge >= 0.3 is 0 Å². The van der Waals surface area contributed by atoms with Crippen LogP contribution in [0.15, 0.2) is 18.2 Å². The summed E-state index contributed by atoms with van der Waals surface area (Å²) in [7, 11) is 0. The van der Waals surface area contributed by atoms with E-state index in [4.69, 9.17) is 11.5 Å². The van der Waals surface area contributed by atoms with Crippen molar-refractivity contribution in [2.75, 3.05) is 12.3 Å². The summed E-state index contributed by atoms with van der Waals surface area (Å²) in [5.74, 6) is -0.698. The Morgan fingerprint density at radius 3 is 2.84 bits per heavy atom. The van der Waals surface area contributed by atoms with Crippen molar-refractivity contribution in [1.29, 1.82) is 0 Å². The van der Waals surface area contributed by atoms with Gasteiger partial charge in [-0.2, -0.15) is 0 Å². The van der Waals surface area contributed by atoms with Gasteiger partial charge in [0.25, 0.3) is 0 Å². The minimum Gasteiger partial charge on any atom is -0.399 e. The molecule has 4 nitrogen and oxygen atoms in total. The molecule has 1 aliphatic heterocycles. The summed E-state index contributed by atoms with van der Waals surface area (Å²) in [6.45, 7) is 3.17. The van der Waals surface area contributed by atoms with Gasteiger partial charge in [-0.05, 0) is 31.9 Å². The number of carbonyl (C=O) groups excluding carboxylic acids is 1. The number of hydrogen-bond acceptors (Lipinski definition) is 3. The average Bonchev–Trinajstić information content (AvgIpc) is 2.34. The van der Waals surface area contributed by atoms with Crippen molar-refractivity contribution in [1.82, 2.24) is 4.90 Å². The minimum absolute atomic E-state index is 0.131. The molecular formula is C14H20FN3O. The number of primary amides is 1. The fourth-order valence-electron chi connectivity index (χ4n) is 2.54. The van der Waals surface area contributed by atoms with Crippen LogP contribution in [0.25, 0.3) is 0 Å². The Labute approximate surface area is 112 Å². The molecule has 2 unspecified atom stereocenters. The minimum atomic E-state index is -0.298. The van der Waals surface area contributed by atoms with Crippen molar-refractivity contribution in [2.24, 2.45) is 11.7 Å². The van der Waals surface area contributed by atoms with Gasteiger partial charge in [-0.1, -0.05) is 6.07 Å². The van der Waals surface area contributed by atoms with E-state index in [1.807, 2.05) is 0 Å². The SMILES string of the molecule is CC1CCC(C(N)=O)CN1Cc1ccc(N)cc1F. The van der Waals surface area contributed by atoms with Crippen LogP contribution in [-0.4, -0.2) is 23.4 Å². The van der Waals surface area contributed by atoms with E-state index in [9.17, 15) is 9.18 Å². The maximum atomic E-state index is 13.8. The predicted octanol–water partition coefficient (Wildman–Crippen LogP) is 1.49. The zero-order valence-corrected chi connectivity index (χ0v) is 11.1. The van der Waals surface area contributed by atoms with E-state index >= 15 is 0 Å². The average molecular weight is 265 g/mol. The van der Waals surface area contributed by atoms with Crippen molar-refractivity contribution in [3.05, 3.63) is 29.6 Å². The monoisotopic (exact) mass is 265 g/mol. The van der Waals surface area contributed by atoms with E-state index in [0.29, 0.717) is 30.4 Å². The maximum absolute atomic E-state index is 13.8. The van der Waals surface area contributed by atoms with Gasteiger partial charge in [0, 0.05) is 30.4 Å². The molecular weight excluding hydrogens is 245 g/mol. The van der Waals surface area contributed by atoms with Gasteiger partial charge in [-0.15, -0.1) is 0 Å². The van der Waals surface area contributed by atoms with Crippen LogP contribution in [0.4, 0.5) is 10.1 Å². The zero-order chi connectivity index (χ0) is 14.0. The number of nitrogen functional groups attached to an aromatic ring is 1. The molecule has 2 atom stereocenters. The molecule has 1 aliphatic rings. The molecule has 1 amide bonds. The lowest BCUT2D eigenvalue weighted by molar-refractivity contribution is -0.124. The number of halogens is 1. The Morgan fingerprint density at radius 2 is 2.21 bits per heavy atom. The molecule has 19 heavy (non-hydrogen) atoms. The third-order valence-corrected chi connectivity index (χ3v) is 3.86. The van der Waals surface area contributed by atoms with Crippen LogP contribution in [0.1, 0.15) is 25.3 Å². The molecule has 4 N–H and O–H groups in total. The van der Waals surface area contributed by atoms with Crippen molar-refractivity contribution < 1.29 is 9.18 Å². The smallest absolute Gasteiger partial charge is 0.221 e. The standard InChI is InChI=1S/C14H20FN3O/c1-9-2-3-11(14(17)19)8-18(9)7-10-4-5-12(16)6-13(10)15/h4-6,9,11H,2-3,7-8,16H2,1H3,(H2,17,19). The topological polar surface area (TPSA) is 72.4 Å². The fraction of sp³-hybridized carbons (Fsp3) is 0.500. The number of amides is 1. The number of likely N-dealkylation sites (tertiary alicyclic amines) is 1. The molecule has 0 bridgehead atoms. The number of carbonyl (C=O) groups is 1. The fourth-order valence-corrected chi connectivity index (χ4v) is 2.54. The van der Waals surface area contributed by atoms with Crippen LogP contribution in [0.2, 0.25) is 0 Å². The quantitative estimate of drug-likeness (QED) is 0.813. The molecule has 0 aromatic heterocycles. The van der Waals surface area contributed by atoms with Crippen molar-refractivity contribution in [3.8, 4) is 0 Å². The Bertz CT molecular complexity index is 478. The number of nitrogens with zero attached hydrogens (tertiary/aromatic N) is 1. The van der Waals surface area contributed by atoms with Crippen LogP contribution in [0.5, 0.6) is 0 Å². The summed E-state index contributed by atoms with van der Waals surface area (Å²) in [4.78, 5) is 13.4. The molecule has 1 heterocycles. The van der Waals surface area contributed by atoms with Crippen molar-refractivity contribution in [3.63, 3.8) is 0 Å². The molecule has 0 radical (unpaired) electrons. The van der Waals surface area contributed by atoms with E-state index in [1.165, 1.54) is 6.07 Å². The van der Waals surface area contributed by atoms with Crippen LogP contribution < -0.4 is 11.5 Å². The molecule has 2 rings (SSSR count). The van der Waals surface area contributed by atoms with Gasteiger partial charge in [-0.25, -0.2) is 4.39 Å². The molecule has 0 aliphatic carbocycles. The normalized spacial score (nSPS) is 24.3. The first-order valence-electron chi connectivity index (χ1n) is 6.54. The van der Waals surface area contributed by atoms with Crippen LogP contribution in [0, 0.1) is 11.7 Å². The third kappa shape index (κ3) is 3.23. The number of hydrogen-bond donors (Lipinski definition) is 2. The summed E-state index contributed by atoms with van der Waals surface area (Å²) < 4.78 is 13.8. The van der Waals surface area contributed by atoms with E-state index < -0.39 is 0 Å². The number of anilines is 1. The molecule has 5 heteroatoms. The summed E-state index contributed by atoms with van der Waals surface area (Å²) in [5, 5.41) is 0. The second-order valence-corrected chi connectivity index (χ2v) is 5.31. The van der Waals surface area contributed by atoms with E-state index in [-0.39, 0.29) is 17.6 Å². The number of piperidine rings is 1. The highest BCUT2D eigenvalue weighted by molar-refractivity contribution is 5.77. The third-order valence-electron chi connectivity index (χ3n) is 3.86. The summed E-state index contributed by atoms with van der Waals surface area (Å²) in [6, 6.07) is 5.05. The summed E-state index contributed by atoms with van der Waals surface area (Å²) >= 11 is 0. The second kappa shape index (κ2) is 5.57. The van der Waals surface area contributed by atoms with Gasteiger partial charge in [0.1, 0.15) is 5.82 Å². The highest BCUT2D eigenvalue weighted by atomic mass is 19.1. The van der Waals surface area contributed by atoms with E-state index in [0.717, 1.165) is 12.8 Å². The largest absolute Gasteiger partial charge is 0.399 e. The molecule has 1 fully saturated rings. The Morgan fingerprint density at radius 1 is 1.47 bits per heavy atom. The van der Waals surface area contributed by atoms with Gasteiger partial charge in [0.2, 0.25) is 5.91 Å². The summed E-state index contributed by atoms with van der Waals surface area (Å²) in [5.41, 5.74) is 11.9. The van der Waals surface area contributed by atoms with Crippen molar-refractivity contribution >= 4 is 11.6 Å². The molecule has 0 saturated carbocycles. The lowest BCUT2D eigenvalue weighted by Crippen LogP contribution is -2.45. The van der Waals surface area contributed by atoms with Gasteiger partial charge in [0.15, 0.2) is 0 Å². The second-order valence-electron chi connectivity index (χ2n) is 5.31. The van der Waals surface area contributed by atoms with Gasteiger partial charge < -0.3 is 11.5 Å². The Kier molecular flexibility index (Phi) is 4.04. The van der Waals surface area contributed by atoms with Crippen LogP contribution in [-0.2, 0) is 11.3 Å². The number of benzene rings is 1. The predicted molar refractivity (Wildman–Crippen MR) is 72.6 cm³/mol. The lowest BCUT2D eigenvalue weighted by Gasteiger charge is -2.36. The first-order chi connectivity index (χ1) is 8.97. The highest BCUT2D eigenvalue weighted by Gasteiger charge is 2.28. The summed E-state index contributed by atoms with van der Waals surface area (Å²) in [6.07, 6.45) is 1.72. The molecule has 1 saturated heterocycles. The number of nitrogens with two attached hydrogens (primary N) is 2. The Balaban J connectivity index is 2.09. The molecule has 0 spiro atoms. The van der Waals surface area contributed by atoms with E-state index in [1.54, 1.807) is 12.1 Å². The van der Waals surface area contributed by atoms with Gasteiger partial charge in [-0.3, -0.25) is 9.69 Å². The van der Waals surface area contributed by atoms with Gasteiger partial charge in [0.05, 0.1) is 5.92 Å². The van der Waals surface area contributed by atoms with Crippen molar-refractivity contribution in [2.45, 2.75) is 32.4 Å². The maximum Gasteiger partial charge on any atom is 0.221 e. The van der Waals surface area contributed by atoms with E-state index in [2.05, 4.69) is 11.8 Å².